The maximum absolute atomic E-state index is 12.3. The number of allylic oxidation sites excluding steroid dienone is 1. The molecule has 0 bridgehead atoms. The molecule has 1 N–H and O–H groups in total. The van der Waals surface area contributed by atoms with Crippen LogP contribution in [-0.2, 0) is 0 Å². The number of carbonyl (C=O) groups is 1. The fourth-order valence-corrected chi connectivity index (χ4v) is 5.75. The summed E-state index contributed by atoms with van der Waals surface area (Å²) in [4.78, 5) is 19.5. The second kappa shape index (κ2) is 14.8. The summed E-state index contributed by atoms with van der Waals surface area (Å²) in [6.07, 6.45) is 4.21. The lowest BCUT2D eigenvalue weighted by atomic mass is 10.1. The molecule has 218 valence electrons. The first-order valence-electron chi connectivity index (χ1n) is 13.5. The Balaban J connectivity index is 0.000000193. The van der Waals surface area contributed by atoms with Gasteiger partial charge in [0.15, 0.2) is 5.78 Å². The van der Waals surface area contributed by atoms with Crippen LogP contribution in [0.4, 0.5) is 11.4 Å². The average Bonchev–Trinajstić information content (AvgIpc) is 3.00. The molecule has 0 spiro atoms. The number of nitrogens with zero attached hydrogens (tertiary/aromatic N) is 2. The molecule has 1 heterocycles. The Bertz CT molecular complexity index is 1540. The van der Waals surface area contributed by atoms with Crippen LogP contribution in [0.1, 0.15) is 22.3 Å². The first kappa shape index (κ1) is 31.0. The third-order valence-corrected chi connectivity index (χ3v) is 7.92. The van der Waals surface area contributed by atoms with Gasteiger partial charge in [-0.15, -0.1) is 0 Å². The molecular formula is C34H35ClN2O4S. The molecule has 42 heavy (non-hydrogen) atoms. The number of aromatic hydroxyl groups is 1. The summed E-state index contributed by atoms with van der Waals surface area (Å²) in [5.74, 6) is 0.187. The van der Waals surface area contributed by atoms with E-state index < -0.39 is 0 Å². The van der Waals surface area contributed by atoms with Crippen molar-refractivity contribution in [3.63, 3.8) is 0 Å². The van der Waals surface area contributed by atoms with Crippen LogP contribution in [0.15, 0.2) is 101 Å². The molecule has 0 aromatic heterocycles. The molecule has 5 rings (SSSR count). The molecule has 4 aromatic rings. The molecule has 0 atom stereocenters. The van der Waals surface area contributed by atoms with E-state index in [0.29, 0.717) is 5.75 Å². The molecule has 1 aliphatic rings. The highest BCUT2D eigenvalue weighted by Crippen LogP contribution is 2.48. The number of anilines is 2. The summed E-state index contributed by atoms with van der Waals surface area (Å²) in [6.45, 7) is 2.09. The fourth-order valence-electron chi connectivity index (χ4n) is 4.51. The standard InChI is InChI=1S/C17H19ClN2S.C17H16O4/c1-19(2)10-5-11-20-14-6-3-4-7-16(14)21-17-9-8-13(18)12-15(17)20;1-20-13-10-15(19)17(16(11-13)21-2)14(18)9-8-12-6-4-3-5-7-12/h3-4,6-9,12H,5,10-11H2,1-2H3;3-11,19H,1-2H3. The number of halogens is 1. The van der Waals surface area contributed by atoms with Gasteiger partial charge < -0.3 is 24.4 Å². The van der Waals surface area contributed by atoms with Crippen molar-refractivity contribution in [1.82, 2.24) is 4.90 Å². The van der Waals surface area contributed by atoms with Crippen molar-refractivity contribution in [2.75, 3.05) is 46.3 Å². The molecule has 0 saturated carbocycles. The molecular weight excluding hydrogens is 568 g/mol. The van der Waals surface area contributed by atoms with Gasteiger partial charge in [-0.25, -0.2) is 0 Å². The van der Waals surface area contributed by atoms with E-state index in [1.165, 1.54) is 47.5 Å². The molecule has 0 aliphatic carbocycles. The van der Waals surface area contributed by atoms with Crippen molar-refractivity contribution < 1.29 is 19.4 Å². The third-order valence-electron chi connectivity index (χ3n) is 6.56. The number of hydrogen-bond donors (Lipinski definition) is 1. The van der Waals surface area contributed by atoms with Crippen LogP contribution in [0.3, 0.4) is 0 Å². The first-order chi connectivity index (χ1) is 20.3. The second-order valence-corrected chi connectivity index (χ2v) is 11.3. The Hall–Kier alpha value is -3.91. The van der Waals surface area contributed by atoms with Crippen molar-refractivity contribution in [1.29, 1.82) is 0 Å². The van der Waals surface area contributed by atoms with E-state index in [9.17, 15) is 9.90 Å². The lowest BCUT2D eigenvalue weighted by Crippen LogP contribution is -2.25. The molecule has 6 nitrogen and oxygen atoms in total. The first-order valence-corrected chi connectivity index (χ1v) is 14.7. The lowest BCUT2D eigenvalue weighted by Gasteiger charge is -2.33. The third kappa shape index (κ3) is 7.88. The van der Waals surface area contributed by atoms with Gasteiger partial charge in [0.2, 0.25) is 0 Å². The number of methoxy groups -OCH3 is 2. The minimum absolute atomic E-state index is 0.116. The largest absolute Gasteiger partial charge is 0.507 e. The number of hydrogen-bond acceptors (Lipinski definition) is 7. The van der Waals surface area contributed by atoms with Crippen molar-refractivity contribution in [2.24, 2.45) is 0 Å². The van der Waals surface area contributed by atoms with Crippen molar-refractivity contribution in [2.45, 2.75) is 16.2 Å². The highest BCUT2D eigenvalue weighted by atomic mass is 35.5. The predicted octanol–water partition coefficient (Wildman–Crippen LogP) is 8.20. The second-order valence-electron chi connectivity index (χ2n) is 9.82. The molecule has 0 unspecified atom stereocenters. The zero-order chi connectivity index (χ0) is 30.1. The van der Waals surface area contributed by atoms with Crippen LogP contribution < -0.4 is 14.4 Å². The van der Waals surface area contributed by atoms with Gasteiger partial charge >= 0.3 is 0 Å². The topological polar surface area (TPSA) is 62.2 Å². The van der Waals surface area contributed by atoms with Gasteiger partial charge in [0, 0.05) is 33.5 Å². The maximum atomic E-state index is 12.3. The zero-order valence-electron chi connectivity index (χ0n) is 24.2. The number of fused-ring (bicyclic) bond motifs is 2. The maximum Gasteiger partial charge on any atom is 0.193 e. The van der Waals surface area contributed by atoms with Gasteiger partial charge in [-0.05, 0) is 69.0 Å². The summed E-state index contributed by atoms with van der Waals surface area (Å²) < 4.78 is 10.2. The summed E-state index contributed by atoms with van der Waals surface area (Å²) in [7, 11) is 7.15. The number of phenols is 1. The summed E-state index contributed by atoms with van der Waals surface area (Å²) in [5, 5.41) is 10.8. The highest BCUT2D eigenvalue weighted by Gasteiger charge is 2.23. The minimum atomic E-state index is -0.337. The molecule has 8 heteroatoms. The number of para-hydroxylation sites is 1. The Morgan fingerprint density at radius 1 is 0.929 bits per heavy atom. The van der Waals surface area contributed by atoms with Gasteiger partial charge in [-0.3, -0.25) is 4.79 Å². The van der Waals surface area contributed by atoms with Gasteiger partial charge in [0.1, 0.15) is 22.8 Å². The lowest BCUT2D eigenvalue weighted by molar-refractivity contribution is 0.104. The van der Waals surface area contributed by atoms with Crippen LogP contribution in [0.5, 0.6) is 17.2 Å². The zero-order valence-corrected chi connectivity index (χ0v) is 25.8. The van der Waals surface area contributed by atoms with Crippen molar-refractivity contribution in [3.8, 4) is 17.2 Å². The molecule has 1 aliphatic heterocycles. The summed E-state index contributed by atoms with van der Waals surface area (Å²) in [6, 6.07) is 27.1. The Labute approximate surface area is 257 Å². The van der Waals surface area contributed by atoms with Crippen LogP contribution in [-0.4, -0.2) is 57.2 Å². The monoisotopic (exact) mass is 602 g/mol. The molecule has 0 amide bonds. The van der Waals surface area contributed by atoms with E-state index in [0.717, 1.165) is 30.1 Å². The number of phenolic OH excluding ortho intramolecular Hbond substituents is 1. The van der Waals surface area contributed by atoms with E-state index in [1.807, 2.05) is 48.2 Å². The number of ether oxygens (including phenoxy) is 2. The smallest absolute Gasteiger partial charge is 0.193 e. The number of carbonyl (C=O) groups excluding carboxylic acids is 1. The number of benzene rings is 4. The Kier molecular flexibility index (Phi) is 11.0. The Morgan fingerprint density at radius 2 is 1.64 bits per heavy atom. The van der Waals surface area contributed by atoms with Crippen molar-refractivity contribution in [3.05, 3.63) is 107 Å². The van der Waals surface area contributed by atoms with Gasteiger partial charge in [-0.1, -0.05) is 71.9 Å². The summed E-state index contributed by atoms with van der Waals surface area (Å²) >= 11 is 8.03. The van der Waals surface area contributed by atoms with Crippen molar-refractivity contribution >= 4 is 46.6 Å². The van der Waals surface area contributed by atoms with E-state index in [1.54, 1.807) is 12.1 Å². The van der Waals surface area contributed by atoms with E-state index in [2.05, 4.69) is 60.3 Å². The summed E-state index contributed by atoms with van der Waals surface area (Å²) in [5.41, 5.74) is 3.53. The van der Waals surface area contributed by atoms with E-state index in [-0.39, 0.29) is 22.8 Å². The molecule has 0 radical (unpaired) electrons. The predicted molar refractivity (Wildman–Crippen MR) is 173 cm³/mol. The molecule has 4 aromatic carbocycles. The van der Waals surface area contributed by atoms with Crippen LogP contribution in [0.25, 0.3) is 6.08 Å². The van der Waals surface area contributed by atoms with Gasteiger partial charge in [0.25, 0.3) is 0 Å². The van der Waals surface area contributed by atoms with Crippen LogP contribution >= 0.6 is 23.4 Å². The van der Waals surface area contributed by atoms with Crippen LogP contribution in [0, 0.1) is 0 Å². The number of ketones is 1. The molecule has 0 fully saturated rings. The van der Waals surface area contributed by atoms with Crippen LogP contribution in [0.2, 0.25) is 5.02 Å². The fraction of sp³-hybridized carbons (Fsp3) is 0.206. The average molecular weight is 603 g/mol. The van der Waals surface area contributed by atoms with E-state index in [4.69, 9.17) is 21.1 Å². The minimum Gasteiger partial charge on any atom is -0.507 e. The Morgan fingerprint density at radius 3 is 2.36 bits per heavy atom. The molecule has 0 saturated heterocycles. The van der Waals surface area contributed by atoms with E-state index >= 15 is 0 Å². The highest BCUT2D eigenvalue weighted by molar-refractivity contribution is 7.99. The van der Waals surface area contributed by atoms with Gasteiger partial charge in [0.05, 0.1) is 25.6 Å². The van der Waals surface area contributed by atoms with Gasteiger partial charge in [-0.2, -0.15) is 0 Å². The quantitative estimate of drug-likeness (QED) is 0.153. The number of rotatable bonds is 9. The normalized spacial score (nSPS) is 11.9. The SMILES string of the molecule is CN(C)CCCN1c2ccccc2Sc2ccc(Cl)cc21.COc1cc(O)c(C(=O)C=Cc2ccccc2)c(OC)c1.